The molecule has 9 nitrogen and oxygen atoms in total. The second kappa shape index (κ2) is 10.00. The summed E-state index contributed by atoms with van der Waals surface area (Å²) in [5.41, 5.74) is 0.289. The smallest absolute Gasteiger partial charge is 0.310 e. The molecule has 0 spiro atoms. The van der Waals surface area contributed by atoms with E-state index in [2.05, 4.69) is 10.3 Å². The van der Waals surface area contributed by atoms with Crippen molar-refractivity contribution in [3.8, 4) is 0 Å². The summed E-state index contributed by atoms with van der Waals surface area (Å²) in [7, 11) is 0. The van der Waals surface area contributed by atoms with Gasteiger partial charge in [-0.2, -0.15) is 0 Å². The van der Waals surface area contributed by atoms with Crippen LogP contribution in [0.15, 0.2) is 35.4 Å². The molecule has 9 heteroatoms. The number of amides is 2. The van der Waals surface area contributed by atoms with E-state index in [0.717, 1.165) is 6.42 Å². The molecule has 0 radical (unpaired) electrons. The molecule has 1 saturated heterocycles. The highest BCUT2D eigenvalue weighted by molar-refractivity contribution is 5.81. The Hall–Kier alpha value is -3.23. The predicted octanol–water partition coefficient (Wildman–Crippen LogP) is 0.705. The van der Waals surface area contributed by atoms with Crippen LogP contribution in [-0.2, 0) is 25.7 Å². The number of piperidine rings is 1. The van der Waals surface area contributed by atoms with Gasteiger partial charge in [0, 0.05) is 26.1 Å². The molecule has 1 atom stereocenters. The van der Waals surface area contributed by atoms with Gasteiger partial charge in [-0.25, -0.2) is 4.98 Å². The quantitative estimate of drug-likeness (QED) is 0.668. The molecule has 1 aliphatic heterocycles. The Morgan fingerprint density at radius 3 is 2.87 bits per heavy atom. The van der Waals surface area contributed by atoms with Gasteiger partial charge in [0.2, 0.25) is 11.8 Å². The van der Waals surface area contributed by atoms with E-state index in [1.165, 1.54) is 10.9 Å². The summed E-state index contributed by atoms with van der Waals surface area (Å²) in [6.45, 7) is 3.03. The van der Waals surface area contributed by atoms with Crippen LogP contribution in [0.2, 0.25) is 0 Å². The van der Waals surface area contributed by atoms with E-state index in [0.29, 0.717) is 37.0 Å². The standard InChI is InChI=1S/C21H26N4O5/c1-2-30-21(29)15-6-5-11-24(12-15)19(27)9-10-22-18(26)13-25-14-23-17-8-4-3-7-16(17)20(25)28/h3-4,7-8,14-15H,2,5-6,9-13H2,1H3,(H,22,26)/t15-/m0/s1. The molecule has 1 aliphatic rings. The third-order valence-corrected chi connectivity index (χ3v) is 5.10. The van der Waals surface area contributed by atoms with Gasteiger partial charge in [-0.3, -0.25) is 23.7 Å². The lowest BCUT2D eigenvalue weighted by molar-refractivity contribution is -0.151. The first-order valence-corrected chi connectivity index (χ1v) is 10.1. The largest absolute Gasteiger partial charge is 0.466 e. The molecule has 1 fully saturated rings. The van der Waals surface area contributed by atoms with Crippen molar-refractivity contribution in [3.05, 3.63) is 40.9 Å². The van der Waals surface area contributed by atoms with Crippen LogP contribution in [0.25, 0.3) is 10.9 Å². The Kier molecular flexibility index (Phi) is 7.16. The van der Waals surface area contributed by atoms with Crippen molar-refractivity contribution in [3.63, 3.8) is 0 Å². The van der Waals surface area contributed by atoms with Crippen molar-refractivity contribution in [1.29, 1.82) is 0 Å². The highest BCUT2D eigenvalue weighted by Gasteiger charge is 2.29. The first-order chi connectivity index (χ1) is 14.5. The number of nitrogens with one attached hydrogen (secondary N) is 1. The number of para-hydroxylation sites is 1. The number of likely N-dealkylation sites (tertiary alicyclic amines) is 1. The van der Waals surface area contributed by atoms with Gasteiger partial charge in [0.25, 0.3) is 5.56 Å². The lowest BCUT2D eigenvalue weighted by atomic mass is 9.98. The molecule has 0 bridgehead atoms. The van der Waals surface area contributed by atoms with Crippen molar-refractivity contribution in [2.45, 2.75) is 32.7 Å². The molecule has 2 aromatic rings. The minimum Gasteiger partial charge on any atom is -0.466 e. The van der Waals surface area contributed by atoms with Crippen LogP contribution in [0.4, 0.5) is 0 Å². The fraction of sp³-hybridized carbons (Fsp3) is 0.476. The molecule has 3 rings (SSSR count). The number of rotatable bonds is 7. The second-order valence-corrected chi connectivity index (χ2v) is 7.23. The average molecular weight is 414 g/mol. The summed E-state index contributed by atoms with van der Waals surface area (Å²) in [5.74, 6) is -1.04. The number of carbonyl (C=O) groups is 3. The van der Waals surface area contributed by atoms with E-state index in [4.69, 9.17) is 4.74 Å². The SMILES string of the molecule is CCOC(=O)[C@H]1CCCN(C(=O)CCNC(=O)Cn2cnc3ccccc3c2=O)C1. The first kappa shape index (κ1) is 21.5. The molecule has 0 aliphatic carbocycles. The molecule has 0 unspecified atom stereocenters. The van der Waals surface area contributed by atoms with E-state index >= 15 is 0 Å². The maximum atomic E-state index is 12.4. The van der Waals surface area contributed by atoms with Gasteiger partial charge in [0.15, 0.2) is 0 Å². The Bertz CT molecular complexity index is 987. The lowest BCUT2D eigenvalue weighted by Gasteiger charge is -2.31. The molecule has 30 heavy (non-hydrogen) atoms. The highest BCUT2D eigenvalue weighted by atomic mass is 16.5. The Morgan fingerprint density at radius 1 is 1.27 bits per heavy atom. The van der Waals surface area contributed by atoms with Crippen LogP contribution >= 0.6 is 0 Å². The van der Waals surface area contributed by atoms with Crippen LogP contribution in [0, 0.1) is 5.92 Å². The van der Waals surface area contributed by atoms with Gasteiger partial charge in [-0.1, -0.05) is 12.1 Å². The molecular formula is C21H26N4O5. The van der Waals surface area contributed by atoms with E-state index < -0.39 is 0 Å². The molecule has 1 aromatic carbocycles. The predicted molar refractivity (Wildman–Crippen MR) is 110 cm³/mol. The maximum absolute atomic E-state index is 12.4. The monoisotopic (exact) mass is 414 g/mol. The Labute approximate surface area is 174 Å². The van der Waals surface area contributed by atoms with E-state index in [1.807, 2.05) is 0 Å². The summed E-state index contributed by atoms with van der Waals surface area (Å²) >= 11 is 0. The summed E-state index contributed by atoms with van der Waals surface area (Å²) in [6.07, 6.45) is 2.94. The fourth-order valence-electron chi connectivity index (χ4n) is 3.55. The van der Waals surface area contributed by atoms with Gasteiger partial charge in [0.05, 0.1) is 29.8 Å². The zero-order valence-electron chi connectivity index (χ0n) is 17.0. The van der Waals surface area contributed by atoms with Crippen LogP contribution in [0.3, 0.4) is 0 Å². The number of benzene rings is 1. The van der Waals surface area contributed by atoms with Crippen molar-refractivity contribution < 1.29 is 19.1 Å². The van der Waals surface area contributed by atoms with Gasteiger partial charge in [0.1, 0.15) is 6.54 Å². The molecule has 1 aromatic heterocycles. The van der Waals surface area contributed by atoms with Gasteiger partial charge < -0.3 is 15.0 Å². The Balaban J connectivity index is 1.47. The molecule has 160 valence electrons. The van der Waals surface area contributed by atoms with Crippen LogP contribution in [0.5, 0.6) is 0 Å². The van der Waals surface area contributed by atoms with Crippen LogP contribution < -0.4 is 10.9 Å². The number of esters is 1. The number of carbonyl (C=O) groups excluding carboxylic acids is 3. The maximum Gasteiger partial charge on any atom is 0.310 e. The zero-order chi connectivity index (χ0) is 21.5. The van der Waals surface area contributed by atoms with Gasteiger partial charge in [-0.05, 0) is 31.9 Å². The number of fused-ring (bicyclic) bond motifs is 1. The van der Waals surface area contributed by atoms with Gasteiger partial charge in [-0.15, -0.1) is 0 Å². The second-order valence-electron chi connectivity index (χ2n) is 7.23. The number of hydrogen-bond acceptors (Lipinski definition) is 6. The zero-order valence-corrected chi connectivity index (χ0v) is 17.0. The van der Waals surface area contributed by atoms with Crippen molar-refractivity contribution in [2.24, 2.45) is 5.92 Å². The third-order valence-electron chi connectivity index (χ3n) is 5.10. The lowest BCUT2D eigenvalue weighted by Crippen LogP contribution is -2.44. The number of ether oxygens (including phenoxy) is 1. The molecule has 1 N–H and O–H groups in total. The van der Waals surface area contributed by atoms with E-state index in [1.54, 1.807) is 36.1 Å². The average Bonchev–Trinajstić information content (AvgIpc) is 2.76. The minimum atomic E-state index is -0.370. The number of aromatic nitrogens is 2. The topological polar surface area (TPSA) is 111 Å². The fourth-order valence-corrected chi connectivity index (χ4v) is 3.55. The van der Waals surface area contributed by atoms with Crippen molar-refractivity contribution in [1.82, 2.24) is 19.8 Å². The van der Waals surface area contributed by atoms with E-state index in [-0.39, 0.29) is 48.8 Å². The minimum absolute atomic E-state index is 0.117. The number of hydrogen-bond donors (Lipinski definition) is 1. The molecular weight excluding hydrogens is 388 g/mol. The molecule has 2 amide bonds. The van der Waals surface area contributed by atoms with Crippen molar-refractivity contribution >= 4 is 28.7 Å². The molecule has 2 heterocycles. The summed E-state index contributed by atoms with van der Waals surface area (Å²) in [4.78, 5) is 54.8. The summed E-state index contributed by atoms with van der Waals surface area (Å²) < 4.78 is 6.29. The van der Waals surface area contributed by atoms with Crippen molar-refractivity contribution in [2.75, 3.05) is 26.2 Å². The van der Waals surface area contributed by atoms with Gasteiger partial charge >= 0.3 is 5.97 Å². The normalized spacial score (nSPS) is 16.3. The van der Waals surface area contributed by atoms with Crippen LogP contribution in [-0.4, -0.2) is 58.5 Å². The van der Waals surface area contributed by atoms with Crippen LogP contribution in [0.1, 0.15) is 26.2 Å². The summed E-state index contributed by atoms with van der Waals surface area (Å²) in [6, 6.07) is 6.94. The third kappa shape index (κ3) is 5.22. The first-order valence-electron chi connectivity index (χ1n) is 10.1. The highest BCUT2D eigenvalue weighted by Crippen LogP contribution is 2.18. The Morgan fingerprint density at radius 2 is 2.07 bits per heavy atom. The molecule has 0 saturated carbocycles. The van der Waals surface area contributed by atoms with E-state index in [9.17, 15) is 19.2 Å². The number of nitrogens with zero attached hydrogens (tertiary/aromatic N) is 3. The summed E-state index contributed by atoms with van der Waals surface area (Å²) in [5, 5.41) is 3.11.